The predicted molar refractivity (Wildman–Crippen MR) is 101 cm³/mol. The molecule has 0 saturated carbocycles. The quantitative estimate of drug-likeness (QED) is 0.599. The molecule has 1 amide bonds. The van der Waals surface area contributed by atoms with Crippen molar-refractivity contribution in [1.29, 1.82) is 0 Å². The van der Waals surface area contributed by atoms with E-state index >= 15 is 0 Å². The first-order chi connectivity index (χ1) is 13.1. The highest BCUT2D eigenvalue weighted by atomic mass is 16.4. The van der Waals surface area contributed by atoms with Crippen LogP contribution in [0.5, 0.6) is 0 Å². The summed E-state index contributed by atoms with van der Waals surface area (Å²) in [4.78, 5) is 12.9. The number of benzene rings is 2. The molecule has 4 aromatic rings. The number of amides is 1. The number of carbonyl (C=O) groups excluding carboxylic acids is 1. The smallest absolute Gasteiger partial charge is 0.322 e. The number of hydrogen-bond acceptors (Lipinski definition) is 5. The molecule has 7 nitrogen and oxygen atoms in total. The number of aryl methyl sites for hydroxylation is 2. The van der Waals surface area contributed by atoms with Gasteiger partial charge in [0.2, 0.25) is 5.89 Å². The Bertz CT molecular complexity index is 1100. The van der Waals surface area contributed by atoms with E-state index in [0.29, 0.717) is 17.1 Å². The van der Waals surface area contributed by atoms with Crippen molar-refractivity contribution in [3.05, 3.63) is 77.8 Å². The van der Waals surface area contributed by atoms with E-state index in [1.165, 1.54) is 0 Å². The highest BCUT2D eigenvalue weighted by Gasteiger charge is 2.21. The van der Waals surface area contributed by atoms with E-state index in [1.54, 1.807) is 17.8 Å². The molecule has 1 N–H and O–H groups in total. The number of anilines is 1. The van der Waals surface area contributed by atoms with E-state index < -0.39 is 0 Å². The fourth-order valence-corrected chi connectivity index (χ4v) is 2.80. The lowest BCUT2D eigenvalue weighted by atomic mass is 10.0. The Hall–Kier alpha value is -3.74. The summed E-state index contributed by atoms with van der Waals surface area (Å²) < 4.78 is 6.95. The third kappa shape index (κ3) is 3.35. The summed E-state index contributed by atoms with van der Waals surface area (Å²) in [7, 11) is 0. The minimum absolute atomic E-state index is 0.0562. The van der Waals surface area contributed by atoms with Crippen molar-refractivity contribution in [1.82, 2.24) is 20.0 Å². The Morgan fingerprint density at radius 2 is 1.74 bits per heavy atom. The summed E-state index contributed by atoms with van der Waals surface area (Å²) >= 11 is 0. The van der Waals surface area contributed by atoms with Crippen molar-refractivity contribution in [2.75, 3.05) is 5.32 Å². The lowest BCUT2D eigenvalue weighted by Gasteiger charge is -2.05. The molecule has 0 atom stereocenters. The highest BCUT2D eigenvalue weighted by Crippen LogP contribution is 2.27. The van der Waals surface area contributed by atoms with Gasteiger partial charge in [-0.2, -0.15) is 5.10 Å². The van der Waals surface area contributed by atoms with Crippen LogP contribution in [0.3, 0.4) is 0 Å². The molecule has 27 heavy (non-hydrogen) atoms. The summed E-state index contributed by atoms with van der Waals surface area (Å²) in [5.41, 5.74) is 3.78. The molecule has 0 radical (unpaired) electrons. The topological polar surface area (TPSA) is 85.8 Å². The molecular formula is C20H17N5O2. The third-order valence-corrected chi connectivity index (χ3v) is 4.13. The first-order valence-corrected chi connectivity index (χ1v) is 8.44. The van der Waals surface area contributed by atoms with Crippen LogP contribution < -0.4 is 5.32 Å². The largest absolute Gasteiger partial charge is 0.408 e. The van der Waals surface area contributed by atoms with Crippen LogP contribution in [0, 0.1) is 13.8 Å². The second kappa shape index (κ2) is 6.87. The first-order valence-electron chi connectivity index (χ1n) is 8.44. The molecule has 0 aliphatic carbocycles. The molecule has 2 aromatic heterocycles. The molecular weight excluding hydrogens is 342 g/mol. The fourth-order valence-electron chi connectivity index (χ4n) is 2.80. The number of rotatable bonds is 4. The van der Waals surface area contributed by atoms with Gasteiger partial charge >= 0.3 is 6.01 Å². The van der Waals surface area contributed by atoms with Crippen LogP contribution in [0.2, 0.25) is 0 Å². The SMILES string of the molecule is Cc1nnc(NC(=O)c2cn(-c3ccccc3)nc2-c2ccccc2C)o1. The fraction of sp³-hybridized carbons (Fsp3) is 0.100. The van der Waals surface area contributed by atoms with Gasteiger partial charge in [-0.05, 0) is 24.6 Å². The molecule has 134 valence electrons. The predicted octanol–water partition coefficient (Wildman–Crippen LogP) is 3.79. The zero-order valence-electron chi connectivity index (χ0n) is 14.9. The van der Waals surface area contributed by atoms with Gasteiger partial charge in [0, 0.05) is 18.7 Å². The number of aromatic nitrogens is 4. The molecule has 0 saturated heterocycles. The van der Waals surface area contributed by atoms with Crippen LogP contribution in [0.15, 0.2) is 65.2 Å². The normalized spacial score (nSPS) is 10.7. The molecule has 4 rings (SSSR count). The van der Waals surface area contributed by atoms with Crippen molar-refractivity contribution < 1.29 is 9.21 Å². The number of nitrogens with zero attached hydrogens (tertiary/aromatic N) is 4. The van der Waals surface area contributed by atoms with Crippen molar-refractivity contribution in [2.45, 2.75) is 13.8 Å². The molecule has 0 bridgehead atoms. The molecule has 0 aliphatic rings. The maximum atomic E-state index is 12.9. The molecule has 7 heteroatoms. The van der Waals surface area contributed by atoms with Gasteiger partial charge in [0.15, 0.2) is 0 Å². The molecule has 0 aliphatic heterocycles. The van der Waals surface area contributed by atoms with E-state index in [4.69, 9.17) is 4.42 Å². The second-order valence-electron chi connectivity index (χ2n) is 6.07. The van der Waals surface area contributed by atoms with Gasteiger partial charge < -0.3 is 4.42 Å². The minimum atomic E-state index is -0.362. The summed E-state index contributed by atoms with van der Waals surface area (Å²) in [6.45, 7) is 3.65. The van der Waals surface area contributed by atoms with Crippen molar-refractivity contribution in [2.24, 2.45) is 0 Å². The molecule has 0 fully saturated rings. The van der Waals surface area contributed by atoms with Crippen LogP contribution >= 0.6 is 0 Å². The van der Waals surface area contributed by atoms with Gasteiger partial charge in [-0.25, -0.2) is 4.68 Å². The Labute approximate surface area is 155 Å². The van der Waals surface area contributed by atoms with Crippen molar-refractivity contribution in [3.8, 4) is 16.9 Å². The van der Waals surface area contributed by atoms with E-state index in [2.05, 4.69) is 20.6 Å². The summed E-state index contributed by atoms with van der Waals surface area (Å²) in [6, 6.07) is 17.5. The second-order valence-corrected chi connectivity index (χ2v) is 6.07. The number of carbonyl (C=O) groups is 1. The van der Waals surface area contributed by atoms with Gasteiger partial charge in [0.1, 0.15) is 5.69 Å². The van der Waals surface area contributed by atoms with Crippen molar-refractivity contribution >= 4 is 11.9 Å². The standard InChI is InChI=1S/C20H17N5O2/c1-13-8-6-7-11-16(13)18-17(19(26)21-20-23-22-14(2)27-20)12-25(24-18)15-9-4-3-5-10-15/h3-12H,1-2H3,(H,21,23,26). The Balaban J connectivity index is 1.80. The lowest BCUT2D eigenvalue weighted by molar-refractivity contribution is 0.102. The zero-order chi connectivity index (χ0) is 18.8. The minimum Gasteiger partial charge on any atom is -0.408 e. The van der Waals surface area contributed by atoms with Crippen LogP contribution in [-0.2, 0) is 0 Å². The summed E-state index contributed by atoms with van der Waals surface area (Å²) in [6.07, 6.45) is 1.70. The molecule has 2 heterocycles. The van der Waals surface area contributed by atoms with E-state index in [9.17, 15) is 4.79 Å². The maximum Gasteiger partial charge on any atom is 0.322 e. The van der Waals surface area contributed by atoms with E-state index in [0.717, 1.165) is 16.8 Å². The first kappa shape index (κ1) is 16.7. The van der Waals surface area contributed by atoms with E-state index in [-0.39, 0.29) is 11.9 Å². The van der Waals surface area contributed by atoms with Crippen LogP contribution in [0.1, 0.15) is 21.8 Å². The van der Waals surface area contributed by atoms with Crippen LogP contribution in [-0.4, -0.2) is 25.9 Å². The number of nitrogens with one attached hydrogen (secondary N) is 1. The van der Waals surface area contributed by atoms with Crippen LogP contribution in [0.4, 0.5) is 6.01 Å². The molecule has 0 spiro atoms. The maximum absolute atomic E-state index is 12.9. The van der Waals surface area contributed by atoms with Crippen LogP contribution in [0.25, 0.3) is 16.9 Å². The Morgan fingerprint density at radius 3 is 2.44 bits per heavy atom. The number of hydrogen-bond donors (Lipinski definition) is 1. The van der Waals surface area contributed by atoms with Crippen molar-refractivity contribution in [3.63, 3.8) is 0 Å². The molecule has 0 unspecified atom stereocenters. The monoisotopic (exact) mass is 359 g/mol. The van der Waals surface area contributed by atoms with Gasteiger partial charge in [-0.1, -0.05) is 47.6 Å². The highest BCUT2D eigenvalue weighted by molar-refractivity contribution is 6.07. The third-order valence-electron chi connectivity index (χ3n) is 4.13. The van der Waals surface area contributed by atoms with Gasteiger partial charge in [-0.3, -0.25) is 10.1 Å². The number of para-hydroxylation sites is 1. The average molecular weight is 359 g/mol. The van der Waals surface area contributed by atoms with Gasteiger partial charge in [0.25, 0.3) is 5.91 Å². The Morgan fingerprint density at radius 1 is 1.00 bits per heavy atom. The van der Waals surface area contributed by atoms with E-state index in [1.807, 2.05) is 61.5 Å². The lowest BCUT2D eigenvalue weighted by Crippen LogP contribution is -2.12. The molecule has 2 aromatic carbocycles. The zero-order valence-corrected chi connectivity index (χ0v) is 14.9. The average Bonchev–Trinajstić information content (AvgIpc) is 3.29. The van der Waals surface area contributed by atoms with Gasteiger partial charge in [-0.15, -0.1) is 5.10 Å². The Kier molecular flexibility index (Phi) is 4.25. The van der Waals surface area contributed by atoms with Gasteiger partial charge in [0.05, 0.1) is 11.3 Å². The summed E-state index contributed by atoms with van der Waals surface area (Å²) in [5.74, 6) is 0.0171. The summed E-state index contributed by atoms with van der Waals surface area (Å²) in [5, 5.41) is 14.9.